The molecule has 5 aromatic carbocycles. The molecular formula is C28H13F5O4. The lowest BCUT2D eigenvalue weighted by molar-refractivity contribution is 0.0721. The second kappa shape index (κ2) is 9.34. The van der Waals surface area contributed by atoms with Crippen LogP contribution in [-0.4, -0.2) is 11.9 Å². The molecule has 5 rings (SSSR count). The molecule has 0 aliphatic heterocycles. The second-order valence-electron chi connectivity index (χ2n) is 8.00. The number of carbonyl (C=O) groups is 2. The molecule has 9 heteroatoms. The molecule has 0 radical (unpaired) electrons. The highest BCUT2D eigenvalue weighted by molar-refractivity contribution is 6.00. The fourth-order valence-electron chi connectivity index (χ4n) is 3.72. The number of hydrogen-bond acceptors (Lipinski definition) is 4. The molecular weight excluding hydrogens is 495 g/mol. The van der Waals surface area contributed by atoms with E-state index in [2.05, 4.69) is 0 Å². The number of carbonyl (C=O) groups excluding carboxylic acids is 2. The minimum absolute atomic E-state index is 0.0538. The summed E-state index contributed by atoms with van der Waals surface area (Å²) in [5.41, 5.74) is -0.897. The van der Waals surface area contributed by atoms with Crippen molar-refractivity contribution in [1.82, 2.24) is 0 Å². The zero-order chi connectivity index (χ0) is 26.3. The van der Waals surface area contributed by atoms with E-state index in [0.29, 0.717) is 16.8 Å². The number of benzene rings is 5. The lowest BCUT2D eigenvalue weighted by atomic mass is 10.0. The fourth-order valence-corrected chi connectivity index (χ4v) is 3.72. The molecule has 0 aromatic heterocycles. The Balaban J connectivity index is 1.39. The van der Waals surface area contributed by atoms with Crippen LogP contribution in [0.3, 0.4) is 0 Å². The molecule has 0 bridgehead atoms. The third kappa shape index (κ3) is 4.71. The minimum Gasteiger partial charge on any atom is -0.423 e. The number of fused-ring (bicyclic) bond motifs is 2. The Kier molecular flexibility index (Phi) is 6.04. The van der Waals surface area contributed by atoms with Gasteiger partial charge in [0.05, 0.1) is 11.1 Å². The van der Waals surface area contributed by atoms with Gasteiger partial charge in [-0.05, 0) is 88.3 Å². The Morgan fingerprint density at radius 2 is 1.05 bits per heavy atom. The molecule has 0 N–H and O–H groups in total. The standard InChI is InChI=1S/C28H13F5O4/c29-22-7-3-16(13-24(22)31)27(34)36-19-4-1-14-10-18-12-20(5-2-15(18)9-17(14)11-19)37-28(35)21-6-8-23(30)26(33)25(21)32/h1-13H. The van der Waals surface area contributed by atoms with E-state index in [4.69, 9.17) is 9.47 Å². The second-order valence-corrected chi connectivity index (χ2v) is 8.00. The quantitative estimate of drug-likeness (QED) is 0.0853. The van der Waals surface area contributed by atoms with Crippen LogP contribution in [0.1, 0.15) is 20.7 Å². The van der Waals surface area contributed by atoms with Gasteiger partial charge < -0.3 is 9.47 Å². The molecule has 5 aromatic rings. The molecule has 4 nitrogen and oxygen atoms in total. The third-order valence-electron chi connectivity index (χ3n) is 5.57. The third-order valence-corrected chi connectivity index (χ3v) is 5.57. The Labute approximate surface area is 205 Å². The molecule has 37 heavy (non-hydrogen) atoms. The predicted molar refractivity (Wildman–Crippen MR) is 124 cm³/mol. The van der Waals surface area contributed by atoms with E-state index >= 15 is 0 Å². The van der Waals surface area contributed by atoms with Gasteiger partial charge in [0.15, 0.2) is 29.1 Å². The highest BCUT2D eigenvalue weighted by atomic mass is 19.2. The van der Waals surface area contributed by atoms with Crippen LogP contribution in [0, 0.1) is 29.1 Å². The summed E-state index contributed by atoms with van der Waals surface area (Å²) in [5, 5.41) is 2.79. The predicted octanol–water partition coefficient (Wildman–Crippen LogP) is 7.13. The van der Waals surface area contributed by atoms with Crippen LogP contribution in [0.2, 0.25) is 0 Å². The van der Waals surface area contributed by atoms with Gasteiger partial charge in [-0.3, -0.25) is 0 Å². The number of ether oxygens (including phenoxy) is 2. The van der Waals surface area contributed by atoms with Gasteiger partial charge in [0.25, 0.3) is 0 Å². The van der Waals surface area contributed by atoms with Crippen LogP contribution >= 0.6 is 0 Å². The van der Waals surface area contributed by atoms with Gasteiger partial charge in [0.2, 0.25) is 0 Å². The van der Waals surface area contributed by atoms with Gasteiger partial charge in [0, 0.05) is 0 Å². The van der Waals surface area contributed by atoms with Crippen LogP contribution in [0.15, 0.2) is 78.9 Å². The normalized spacial score (nSPS) is 11.1. The fraction of sp³-hybridized carbons (Fsp3) is 0. The average Bonchev–Trinajstić information content (AvgIpc) is 2.87. The first-order valence-electron chi connectivity index (χ1n) is 10.7. The van der Waals surface area contributed by atoms with Gasteiger partial charge >= 0.3 is 11.9 Å². The van der Waals surface area contributed by atoms with Crippen molar-refractivity contribution in [2.24, 2.45) is 0 Å². The SMILES string of the molecule is O=C(Oc1ccc2cc3cc(OC(=O)c4ccc(F)c(F)c4F)ccc3cc2c1)c1ccc(F)c(F)c1. The van der Waals surface area contributed by atoms with Gasteiger partial charge in [-0.1, -0.05) is 12.1 Å². The van der Waals surface area contributed by atoms with Gasteiger partial charge in [-0.25, -0.2) is 31.5 Å². The summed E-state index contributed by atoms with van der Waals surface area (Å²) in [6.07, 6.45) is 0. The molecule has 0 fully saturated rings. The van der Waals surface area contributed by atoms with E-state index in [1.807, 2.05) is 0 Å². The average molecular weight is 508 g/mol. The summed E-state index contributed by atoms with van der Waals surface area (Å²) in [4.78, 5) is 24.6. The Morgan fingerprint density at radius 3 is 1.65 bits per heavy atom. The van der Waals surface area contributed by atoms with Crippen LogP contribution in [0.25, 0.3) is 21.5 Å². The Bertz CT molecular complexity index is 1730. The van der Waals surface area contributed by atoms with Crippen molar-refractivity contribution in [3.8, 4) is 11.5 Å². The van der Waals surface area contributed by atoms with Crippen molar-refractivity contribution in [2.45, 2.75) is 0 Å². The Morgan fingerprint density at radius 1 is 0.486 bits per heavy atom. The minimum atomic E-state index is -1.77. The maximum Gasteiger partial charge on any atom is 0.346 e. The maximum absolute atomic E-state index is 13.9. The smallest absolute Gasteiger partial charge is 0.346 e. The number of rotatable bonds is 4. The zero-order valence-corrected chi connectivity index (χ0v) is 18.5. The summed E-state index contributed by atoms with van der Waals surface area (Å²) in [7, 11) is 0. The van der Waals surface area contributed by atoms with E-state index in [1.54, 1.807) is 30.3 Å². The topological polar surface area (TPSA) is 52.6 Å². The first kappa shape index (κ1) is 23.9. The van der Waals surface area contributed by atoms with Crippen molar-refractivity contribution in [3.63, 3.8) is 0 Å². The van der Waals surface area contributed by atoms with E-state index in [1.165, 1.54) is 18.2 Å². The molecule has 0 atom stereocenters. The van der Waals surface area contributed by atoms with E-state index in [0.717, 1.165) is 35.0 Å². The van der Waals surface area contributed by atoms with Crippen molar-refractivity contribution in [2.75, 3.05) is 0 Å². The molecule has 184 valence electrons. The zero-order valence-electron chi connectivity index (χ0n) is 18.5. The maximum atomic E-state index is 13.9. The summed E-state index contributed by atoms with van der Waals surface area (Å²) in [6.45, 7) is 0. The number of halogens is 5. The molecule has 0 aliphatic rings. The van der Waals surface area contributed by atoms with Crippen molar-refractivity contribution in [1.29, 1.82) is 0 Å². The van der Waals surface area contributed by atoms with E-state index in [-0.39, 0.29) is 17.1 Å². The highest BCUT2D eigenvalue weighted by Crippen LogP contribution is 2.29. The molecule has 0 amide bonds. The van der Waals surface area contributed by atoms with E-state index in [9.17, 15) is 31.5 Å². The molecule has 0 spiro atoms. The first-order chi connectivity index (χ1) is 17.7. The lowest BCUT2D eigenvalue weighted by Crippen LogP contribution is -2.12. The summed E-state index contributed by atoms with van der Waals surface area (Å²) in [6, 6.07) is 17.0. The Hall–Kier alpha value is -4.79. The molecule has 0 saturated heterocycles. The van der Waals surface area contributed by atoms with Gasteiger partial charge in [-0.2, -0.15) is 0 Å². The van der Waals surface area contributed by atoms with Crippen molar-refractivity contribution in [3.05, 3.63) is 119 Å². The molecule has 0 heterocycles. The molecule has 0 saturated carbocycles. The molecule has 0 aliphatic carbocycles. The largest absolute Gasteiger partial charge is 0.423 e. The van der Waals surface area contributed by atoms with Crippen LogP contribution in [0.4, 0.5) is 22.0 Å². The van der Waals surface area contributed by atoms with Crippen LogP contribution < -0.4 is 9.47 Å². The monoisotopic (exact) mass is 508 g/mol. The van der Waals surface area contributed by atoms with Crippen molar-refractivity contribution < 1.29 is 41.0 Å². The van der Waals surface area contributed by atoms with Crippen LogP contribution in [-0.2, 0) is 0 Å². The molecule has 0 unspecified atom stereocenters. The van der Waals surface area contributed by atoms with Crippen LogP contribution in [0.5, 0.6) is 11.5 Å². The summed E-state index contributed by atoms with van der Waals surface area (Å²) >= 11 is 0. The van der Waals surface area contributed by atoms with Gasteiger partial charge in [-0.15, -0.1) is 0 Å². The number of hydrogen-bond donors (Lipinski definition) is 0. The number of esters is 2. The summed E-state index contributed by atoms with van der Waals surface area (Å²) in [5.74, 6) is -8.89. The van der Waals surface area contributed by atoms with E-state index < -0.39 is 46.6 Å². The lowest BCUT2D eigenvalue weighted by Gasteiger charge is -2.09. The van der Waals surface area contributed by atoms with Gasteiger partial charge in [0.1, 0.15) is 11.5 Å². The summed E-state index contributed by atoms with van der Waals surface area (Å²) < 4.78 is 77.4. The first-order valence-corrected chi connectivity index (χ1v) is 10.7. The van der Waals surface area contributed by atoms with Crippen molar-refractivity contribution >= 4 is 33.5 Å². The highest BCUT2D eigenvalue weighted by Gasteiger charge is 2.20.